The summed E-state index contributed by atoms with van der Waals surface area (Å²) in [5.41, 5.74) is 4.78. The third-order valence-corrected chi connectivity index (χ3v) is 1.78. The van der Waals surface area contributed by atoms with E-state index in [1.165, 1.54) is 12.1 Å². The van der Waals surface area contributed by atoms with Gasteiger partial charge in [-0.05, 0) is 19.1 Å². The Bertz CT molecular complexity index is 350. The smallest absolute Gasteiger partial charge is 0.425 e. The first kappa shape index (κ1) is 11.6. The Balaban J connectivity index is 2.86. The molecule has 0 heterocycles. The summed E-state index contributed by atoms with van der Waals surface area (Å²) in [6.07, 6.45) is -6.53. The van der Waals surface area contributed by atoms with Crippen LogP contribution in [-0.4, -0.2) is 12.3 Å². The summed E-state index contributed by atoms with van der Waals surface area (Å²) in [5.74, 6) is -1.11. The lowest BCUT2D eigenvalue weighted by atomic mass is 10.3. The van der Waals surface area contributed by atoms with Gasteiger partial charge < -0.3 is 10.5 Å². The summed E-state index contributed by atoms with van der Waals surface area (Å²) in [5, 5.41) is 0. The van der Waals surface area contributed by atoms with E-state index >= 15 is 0 Å². The van der Waals surface area contributed by atoms with E-state index in [1.54, 1.807) is 0 Å². The minimum Gasteiger partial charge on any atom is -0.479 e. The second-order valence-electron chi connectivity index (χ2n) is 2.95. The highest BCUT2D eigenvalue weighted by Crippen LogP contribution is 2.29. The number of halogens is 4. The highest BCUT2D eigenvalue weighted by Gasteiger charge is 2.38. The van der Waals surface area contributed by atoms with Crippen molar-refractivity contribution in [1.82, 2.24) is 0 Å². The number of nitrogen functional groups attached to an aromatic ring is 1. The zero-order valence-corrected chi connectivity index (χ0v) is 7.81. The van der Waals surface area contributed by atoms with Crippen molar-refractivity contribution in [3.63, 3.8) is 0 Å². The molecule has 0 aromatic heterocycles. The van der Waals surface area contributed by atoms with Crippen molar-refractivity contribution >= 4 is 5.69 Å². The molecule has 6 heteroatoms. The maximum absolute atomic E-state index is 12.8. The van der Waals surface area contributed by atoms with E-state index in [4.69, 9.17) is 5.73 Å². The van der Waals surface area contributed by atoms with Gasteiger partial charge in [0.1, 0.15) is 17.3 Å². The minimum absolute atomic E-state index is 0.306. The summed E-state index contributed by atoms with van der Waals surface area (Å²) >= 11 is 0. The average molecular weight is 223 g/mol. The van der Waals surface area contributed by atoms with Gasteiger partial charge in [-0.1, -0.05) is 6.07 Å². The highest BCUT2D eigenvalue weighted by molar-refractivity contribution is 5.53. The van der Waals surface area contributed by atoms with E-state index in [1.807, 2.05) is 0 Å². The Morgan fingerprint density at radius 1 is 1.33 bits per heavy atom. The number of anilines is 1. The second-order valence-corrected chi connectivity index (χ2v) is 2.95. The zero-order chi connectivity index (χ0) is 11.6. The van der Waals surface area contributed by atoms with Crippen LogP contribution >= 0.6 is 0 Å². The molecule has 0 bridgehead atoms. The third kappa shape index (κ3) is 2.74. The van der Waals surface area contributed by atoms with Gasteiger partial charge in [-0.15, -0.1) is 0 Å². The standard InChI is InChI=1S/C9H9F4NO/c1-5(9(11,12)13)15-7-4-2-3-6(10)8(7)14/h2-5H,14H2,1H3. The van der Waals surface area contributed by atoms with Crippen molar-refractivity contribution < 1.29 is 22.3 Å². The predicted molar refractivity (Wildman–Crippen MR) is 47.0 cm³/mol. The molecule has 0 radical (unpaired) electrons. The van der Waals surface area contributed by atoms with Crippen LogP contribution in [-0.2, 0) is 0 Å². The van der Waals surface area contributed by atoms with E-state index in [9.17, 15) is 17.6 Å². The number of nitrogens with two attached hydrogens (primary N) is 1. The molecule has 0 saturated carbocycles. The van der Waals surface area contributed by atoms with Crippen LogP contribution in [0.4, 0.5) is 23.2 Å². The fraction of sp³-hybridized carbons (Fsp3) is 0.333. The molecule has 1 aromatic carbocycles. The van der Waals surface area contributed by atoms with Crippen molar-refractivity contribution in [3.05, 3.63) is 24.0 Å². The quantitative estimate of drug-likeness (QED) is 0.618. The summed E-state index contributed by atoms with van der Waals surface area (Å²) in [6, 6.07) is 3.45. The highest BCUT2D eigenvalue weighted by atomic mass is 19.4. The lowest BCUT2D eigenvalue weighted by Crippen LogP contribution is -2.31. The Morgan fingerprint density at radius 2 is 1.93 bits per heavy atom. The molecular weight excluding hydrogens is 214 g/mol. The van der Waals surface area contributed by atoms with Crippen LogP contribution in [0, 0.1) is 5.82 Å². The van der Waals surface area contributed by atoms with Crippen LogP contribution in [0.2, 0.25) is 0 Å². The van der Waals surface area contributed by atoms with Crippen LogP contribution < -0.4 is 10.5 Å². The van der Waals surface area contributed by atoms with Crippen molar-refractivity contribution in [2.45, 2.75) is 19.2 Å². The molecular formula is C9H9F4NO. The fourth-order valence-corrected chi connectivity index (χ4v) is 0.877. The molecule has 1 rings (SSSR count). The monoisotopic (exact) mass is 223 g/mol. The van der Waals surface area contributed by atoms with Crippen molar-refractivity contribution in [1.29, 1.82) is 0 Å². The molecule has 0 aliphatic rings. The van der Waals surface area contributed by atoms with Gasteiger partial charge in [0, 0.05) is 0 Å². The first-order valence-corrected chi connectivity index (χ1v) is 4.09. The van der Waals surface area contributed by atoms with Gasteiger partial charge in [-0.2, -0.15) is 13.2 Å². The molecule has 0 saturated heterocycles. The first-order valence-electron chi connectivity index (χ1n) is 4.09. The Morgan fingerprint density at radius 3 is 2.47 bits per heavy atom. The average Bonchev–Trinajstić information content (AvgIpc) is 2.11. The Kier molecular flexibility index (Phi) is 3.06. The second kappa shape index (κ2) is 3.96. The van der Waals surface area contributed by atoms with Crippen LogP contribution in [0.25, 0.3) is 0 Å². The number of hydrogen-bond donors (Lipinski definition) is 1. The van der Waals surface area contributed by atoms with Gasteiger partial charge in [-0.3, -0.25) is 0 Å². The molecule has 0 aliphatic carbocycles. The number of alkyl halides is 3. The summed E-state index contributed by atoms with van der Waals surface area (Å²) < 4.78 is 53.7. The number of rotatable bonds is 2. The topological polar surface area (TPSA) is 35.2 Å². The van der Waals surface area contributed by atoms with Crippen LogP contribution in [0.15, 0.2) is 18.2 Å². The predicted octanol–water partition coefficient (Wildman–Crippen LogP) is 2.74. The normalized spacial score (nSPS) is 13.7. The maximum Gasteiger partial charge on any atom is 0.425 e. The van der Waals surface area contributed by atoms with Gasteiger partial charge >= 0.3 is 6.18 Å². The molecule has 84 valence electrons. The minimum atomic E-state index is -4.50. The van der Waals surface area contributed by atoms with Crippen LogP contribution in [0.1, 0.15) is 6.92 Å². The van der Waals surface area contributed by atoms with Gasteiger partial charge in [0.2, 0.25) is 0 Å². The van der Waals surface area contributed by atoms with Crippen molar-refractivity contribution in [3.8, 4) is 5.75 Å². The number of benzene rings is 1. The maximum atomic E-state index is 12.8. The van der Waals surface area contributed by atoms with Gasteiger partial charge in [0.25, 0.3) is 0 Å². The Hall–Kier alpha value is -1.46. The van der Waals surface area contributed by atoms with Gasteiger partial charge in [0.05, 0.1) is 0 Å². The molecule has 0 amide bonds. The molecule has 2 nitrogen and oxygen atoms in total. The van der Waals surface area contributed by atoms with E-state index in [2.05, 4.69) is 4.74 Å². The third-order valence-electron chi connectivity index (χ3n) is 1.78. The molecule has 0 fully saturated rings. The molecule has 15 heavy (non-hydrogen) atoms. The van der Waals surface area contributed by atoms with Crippen LogP contribution in [0.5, 0.6) is 5.75 Å². The summed E-state index contributed by atoms with van der Waals surface area (Å²) in [7, 11) is 0. The van der Waals surface area contributed by atoms with E-state index in [-0.39, 0.29) is 5.75 Å². The van der Waals surface area contributed by atoms with Gasteiger partial charge in [0.15, 0.2) is 6.10 Å². The molecule has 2 N–H and O–H groups in total. The Labute approximate surface area is 83.6 Å². The summed E-state index contributed by atoms with van der Waals surface area (Å²) in [4.78, 5) is 0. The number of ether oxygens (including phenoxy) is 1. The molecule has 0 spiro atoms. The molecule has 1 unspecified atom stereocenters. The van der Waals surface area contributed by atoms with Gasteiger partial charge in [-0.25, -0.2) is 4.39 Å². The lowest BCUT2D eigenvalue weighted by Gasteiger charge is -2.18. The molecule has 1 atom stereocenters. The van der Waals surface area contributed by atoms with E-state index < -0.39 is 23.8 Å². The van der Waals surface area contributed by atoms with E-state index in [0.29, 0.717) is 0 Å². The fourth-order valence-electron chi connectivity index (χ4n) is 0.877. The molecule has 0 aliphatic heterocycles. The van der Waals surface area contributed by atoms with Crippen molar-refractivity contribution in [2.24, 2.45) is 0 Å². The SMILES string of the molecule is CC(Oc1cccc(F)c1N)C(F)(F)F. The lowest BCUT2D eigenvalue weighted by molar-refractivity contribution is -0.189. The van der Waals surface area contributed by atoms with Crippen LogP contribution in [0.3, 0.4) is 0 Å². The molecule has 1 aromatic rings. The largest absolute Gasteiger partial charge is 0.479 e. The first-order chi connectivity index (χ1) is 6.82. The van der Waals surface area contributed by atoms with E-state index in [0.717, 1.165) is 13.0 Å². The summed E-state index contributed by atoms with van der Waals surface area (Å²) in [6.45, 7) is 0.824. The number of para-hydroxylation sites is 1. The zero-order valence-electron chi connectivity index (χ0n) is 7.81. The number of hydrogen-bond acceptors (Lipinski definition) is 2. The van der Waals surface area contributed by atoms with Crippen molar-refractivity contribution in [2.75, 3.05) is 5.73 Å².